The van der Waals surface area contributed by atoms with E-state index in [-0.39, 0.29) is 6.79 Å². The number of nitrogens with zero attached hydrogens (tertiary/aromatic N) is 3. The highest BCUT2D eigenvalue weighted by atomic mass is 16.7. The van der Waals surface area contributed by atoms with Gasteiger partial charge in [0.25, 0.3) is 0 Å². The Bertz CT molecular complexity index is 1010. The van der Waals surface area contributed by atoms with Gasteiger partial charge < -0.3 is 24.6 Å². The first-order valence-corrected chi connectivity index (χ1v) is 9.66. The molecule has 0 amide bonds. The second kappa shape index (κ2) is 6.87. The molecule has 1 fully saturated rings. The fourth-order valence-electron chi connectivity index (χ4n) is 3.91. The molecule has 1 N–H and O–H groups in total. The van der Waals surface area contributed by atoms with Crippen molar-refractivity contribution in [2.24, 2.45) is 0 Å². The van der Waals surface area contributed by atoms with Crippen LogP contribution in [0, 0.1) is 0 Å². The van der Waals surface area contributed by atoms with E-state index in [0.29, 0.717) is 0 Å². The van der Waals surface area contributed by atoms with Crippen molar-refractivity contribution in [1.82, 2.24) is 10.3 Å². The summed E-state index contributed by atoms with van der Waals surface area (Å²) in [6.45, 7) is 4.12. The van der Waals surface area contributed by atoms with Gasteiger partial charge in [0, 0.05) is 63.1 Å². The van der Waals surface area contributed by atoms with Gasteiger partial charge in [-0.15, -0.1) is 0 Å². The molecule has 144 valence electrons. The highest BCUT2D eigenvalue weighted by molar-refractivity contribution is 6.03. The van der Waals surface area contributed by atoms with E-state index < -0.39 is 0 Å². The largest absolute Gasteiger partial charge is 0.454 e. The number of piperazine rings is 1. The van der Waals surface area contributed by atoms with Gasteiger partial charge in [0.1, 0.15) is 5.82 Å². The maximum absolute atomic E-state index is 5.66. The van der Waals surface area contributed by atoms with Crippen LogP contribution in [0.4, 0.5) is 11.5 Å². The van der Waals surface area contributed by atoms with Crippen molar-refractivity contribution < 1.29 is 9.47 Å². The Morgan fingerprint density at radius 2 is 1.64 bits per heavy atom. The lowest BCUT2D eigenvalue weighted by Gasteiger charge is -2.29. The minimum atomic E-state index is 0.273. The lowest BCUT2D eigenvalue weighted by molar-refractivity contribution is 0.174. The minimum Gasteiger partial charge on any atom is -0.454 e. The number of rotatable bonds is 3. The lowest BCUT2D eigenvalue weighted by Crippen LogP contribution is -2.44. The molecule has 0 atom stereocenters. The van der Waals surface area contributed by atoms with Crippen molar-refractivity contribution in [3.63, 3.8) is 0 Å². The van der Waals surface area contributed by atoms with Gasteiger partial charge in [0.2, 0.25) is 6.79 Å². The first kappa shape index (κ1) is 17.1. The van der Waals surface area contributed by atoms with E-state index in [1.54, 1.807) is 0 Å². The molecule has 5 rings (SSSR count). The van der Waals surface area contributed by atoms with Gasteiger partial charge in [0.15, 0.2) is 11.5 Å². The zero-order valence-corrected chi connectivity index (χ0v) is 16.2. The Morgan fingerprint density at radius 3 is 2.32 bits per heavy atom. The second-order valence-electron chi connectivity index (χ2n) is 7.42. The molecule has 0 bridgehead atoms. The first-order valence-electron chi connectivity index (χ1n) is 9.66. The normalized spacial score (nSPS) is 15.9. The molecular formula is C22H24N4O2. The van der Waals surface area contributed by atoms with Crippen LogP contribution in [0.15, 0.2) is 42.6 Å². The van der Waals surface area contributed by atoms with Crippen LogP contribution >= 0.6 is 0 Å². The minimum absolute atomic E-state index is 0.273. The van der Waals surface area contributed by atoms with E-state index in [2.05, 4.69) is 65.6 Å². The number of anilines is 2. The fraction of sp³-hybridized carbons (Fsp3) is 0.318. The van der Waals surface area contributed by atoms with Crippen LogP contribution in [-0.4, -0.2) is 52.1 Å². The summed E-state index contributed by atoms with van der Waals surface area (Å²) in [5.41, 5.74) is 3.43. The van der Waals surface area contributed by atoms with E-state index in [9.17, 15) is 0 Å². The van der Waals surface area contributed by atoms with E-state index in [1.807, 2.05) is 6.20 Å². The topological polar surface area (TPSA) is 49.9 Å². The number of hydrogen-bond donors (Lipinski definition) is 1. The molecule has 6 nitrogen and oxygen atoms in total. The number of benzene rings is 2. The Kier molecular flexibility index (Phi) is 4.20. The molecule has 1 aromatic heterocycles. The van der Waals surface area contributed by atoms with E-state index in [0.717, 1.165) is 65.4 Å². The predicted molar refractivity (Wildman–Crippen MR) is 113 cm³/mol. The molecule has 0 aliphatic carbocycles. The summed E-state index contributed by atoms with van der Waals surface area (Å²) in [6, 6.07) is 12.8. The Morgan fingerprint density at radius 1 is 0.964 bits per heavy atom. The second-order valence-corrected chi connectivity index (χ2v) is 7.42. The van der Waals surface area contributed by atoms with Crippen LogP contribution in [0.3, 0.4) is 0 Å². The SMILES string of the molecule is CN(C)c1ccc(-c2cnc(N3CCNCC3)c3cc4c(cc23)OCO4)cc1. The van der Waals surface area contributed by atoms with E-state index in [4.69, 9.17) is 14.5 Å². The van der Waals surface area contributed by atoms with Crippen molar-refractivity contribution in [1.29, 1.82) is 0 Å². The Hall–Kier alpha value is -2.99. The molecule has 1 saturated heterocycles. The maximum Gasteiger partial charge on any atom is 0.231 e. The summed E-state index contributed by atoms with van der Waals surface area (Å²) in [6.07, 6.45) is 1.99. The van der Waals surface area contributed by atoms with Gasteiger partial charge in [-0.2, -0.15) is 0 Å². The zero-order valence-electron chi connectivity index (χ0n) is 16.2. The molecule has 2 aliphatic rings. The molecule has 2 aromatic carbocycles. The average molecular weight is 376 g/mol. The summed E-state index contributed by atoms with van der Waals surface area (Å²) in [4.78, 5) is 9.33. The van der Waals surface area contributed by atoms with Crippen molar-refractivity contribution in [3.8, 4) is 22.6 Å². The molecule has 2 aliphatic heterocycles. The fourth-order valence-corrected chi connectivity index (χ4v) is 3.91. The van der Waals surface area contributed by atoms with Crippen LogP contribution in [0.25, 0.3) is 21.9 Å². The van der Waals surface area contributed by atoms with Gasteiger partial charge in [-0.25, -0.2) is 4.98 Å². The highest BCUT2D eigenvalue weighted by Gasteiger charge is 2.21. The Balaban J connectivity index is 1.67. The number of ether oxygens (including phenoxy) is 2. The number of pyridine rings is 1. The lowest BCUT2D eigenvalue weighted by atomic mass is 9.99. The summed E-state index contributed by atoms with van der Waals surface area (Å²) < 4.78 is 11.3. The number of fused-ring (bicyclic) bond motifs is 2. The first-order chi connectivity index (χ1) is 13.7. The number of nitrogens with one attached hydrogen (secondary N) is 1. The van der Waals surface area contributed by atoms with Crippen LogP contribution in [-0.2, 0) is 0 Å². The number of aromatic nitrogens is 1. The van der Waals surface area contributed by atoms with E-state index in [1.165, 1.54) is 5.69 Å². The van der Waals surface area contributed by atoms with Crippen LogP contribution in [0.5, 0.6) is 11.5 Å². The monoisotopic (exact) mass is 376 g/mol. The van der Waals surface area contributed by atoms with Gasteiger partial charge in [-0.05, 0) is 35.2 Å². The smallest absolute Gasteiger partial charge is 0.231 e. The van der Waals surface area contributed by atoms with Gasteiger partial charge in [-0.3, -0.25) is 0 Å². The average Bonchev–Trinajstić information content (AvgIpc) is 3.19. The molecule has 0 spiro atoms. The molecule has 0 radical (unpaired) electrons. The van der Waals surface area contributed by atoms with E-state index >= 15 is 0 Å². The third-order valence-electron chi connectivity index (χ3n) is 5.47. The Labute approximate surface area is 164 Å². The molecular weight excluding hydrogens is 352 g/mol. The van der Waals surface area contributed by atoms with Crippen LogP contribution in [0.1, 0.15) is 0 Å². The van der Waals surface area contributed by atoms with Crippen LogP contribution in [0.2, 0.25) is 0 Å². The van der Waals surface area contributed by atoms with Crippen LogP contribution < -0.4 is 24.6 Å². The summed E-state index contributed by atoms with van der Waals surface area (Å²) in [5, 5.41) is 5.66. The van der Waals surface area contributed by atoms with Crippen molar-refractivity contribution in [3.05, 3.63) is 42.6 Å². The van der Waals surface area contributed by atoms with Crippen molar-refractivity contribution in [2.75, 3.05) is 56.9 Å². The maximum atomic E-state index is 5.66. The van der Waals surface area contributed by atoms with Gasteiger partial charge in [0.05, 0.1) is 0 Å². The summed E-state index contributed by atoms with van der Waals surface area (Å²) in [5.74, 6) is 2.62. The third kappa shape index (κ3) is 2.90. The van der Waals surface area contributed by atoms with Crippen molar-refractivity contribution >= 4 is 22.3 Å². The third-order valence-corrected chi connectivity index (χ3v) is 5.47. The molecule has 0 unspecified atom stereocenters. The van der Waals surface area contributed by atoms with Gasteiger partial charge >= 0.3 is 0 Å². The summed E-state index contributed by atoms with van der Waals surface area (Å²) >= 11 is 0. The zero-order chi connectivity index (χ0) is 19.1. The number of hydrogen-bond acceptors (Lipinski definition) is 6. The molecule has 3 aromatic rings. The standard InChI is InChI=1S/C22H24N4O2/c1-25(2)16-5-3-15(4-6-16)19-13-24-22(26-9-7-23-8-10-26)18-12-21-20(11-17(18)19)27-14-28-21/h3-6,11-13,23H,7-10,14H2,1-2H3. The summed E-state index contributed by atoms with van der Waals surface area (Å²) in [7, 11) is 4.10. The van der Waals surface area contributed by atoms with Gasteiger partial charge in [-0.1, -0.05) is 12.1 Å². The highest BCUT2D eigenvalue weighted by Crippen LogP contribution is 2.42. The predicted octanol–water partition coefficient (Wildman–Crippen LogP) is 3.11. The molecule has 28 heavy (non-hydrogen) atoms. The molecule has 6 heteroatoms. The molecule has 3 heterocycles. The molecule has 0 saturated carbocycles. The van der Waals surface area contributed by atoms with Crippen molar-refractivity contribution in [2.45, 2.75) is 0 Å². The quantitative estimate of drug-likeness (QED) is 0.758.